The highest BCUT2D eigenvalue weighted by atomic mass is 16.5. The first-order valence-electron chi connectivity index (χ1n) is 7.98. The summed E-state index contributed by atoms with van der Waals surface area (Å²) in [6.45, 7) is 6.26. The second-order valence-electron chi connectivity index (χ2n) is 5.93. The van der Waals surface area contributed by atoms with Gasteiger partial charge in [0.2, 0.25) is 0 Å². The van der Waals surface area contributed by atoms with Gasteiger partial charge in [-0.15, -0.1) is 0 Å². The molecule has 1 aliphatic heterocycles. The minimum atomic E-state index is -0.0887. The molecule has 0 aromatic heterocycles. The molecule has 122 valence electrons. The number of methoxy groups -OCH3 is 1. The molecule has 1 aromatic carbocycles. The molecular weight excluding hydrogens is 278 g/mol. The van der Waals surface area contributed by atoms with Crippen molar-refractivity contribution in [2.45, 2.75) is 32.4 Å². The second kappa shape index (κ2) is 8.76. The molecule has 0 aliphatic carbocycles. The molecule has 1 heterocycles. The van der Waals surface area contributed by atoms with E-state index in [0.29, 0.717) is 13.2 Å². The van der Waals surface area contributed by atoms with Crippen molar-refractivity contribution in [1.82, 2.24) is 15.5 Å². The summed E-state index contributed by atoms with van der Waals surface area (Å²) in [7, 11) is 1.63. The van der Waals surface area contributed by atoms with Gasteiger partial charge < -0.3 is 15.4 Å². The Labute approximate surface area is 133 Å². The Morgan fingerprint density at radius 3 is 2.82 bits per heavy atom. The zero-order chi connectivity index (χ0) is 15.8. The number of nitrogens with zero attached hydrogens (tertiary/aromatic N) is 1. The summed E-state index contributed by atoms with van der Waals surface area (Å²) >= 11 is 0. The van der Waals surface area contributed by atoms with Crippen LogP contribution < -0.4 is 10.6 Å². The Bertz CT molecular complexity index is 471. The van der Waals surface area contributed by atoms with Gasteiger partial charge in [0.15, 0.2) is 0 Å². The van der Waals surface area contributed by atoms with Crippen molar-refractivity contribution in [2.75, 3.05) is 33.4 Å². The predicted octanol–water partition coefficient (Wildman–Crippen LogP) is 1.91. The van der Waals surface area contributed by atoms with Crippen LogP contribution in [-0.4, -0.2) is 50.3 Å². The summed E-state index contributed by atoms with van der Waals surface area (Å²) in [4.78, 5) is 14.2. The topological polar surface area (TPSA) is 53.6 Å². The molecule has 1 aromatic rings. The van der Waals surface area contributed by atoms with Crippen molar-refractivity contribution in [1.29, 1.82) is 0 Å². The minimum Gasteiger partial charge on any atom is -0.383 e. The normalized spacial score (nSPS) is 16.5. The number of hydrogen-bond donors (Lipinski definition) is 2. The van der Waals surface area contributed by atoms with Crippen molar-refractivity contribution in [2.24, 2.45) is 0 Å². The molecule has 1 saturated heterocycles. The third kappa shape index (κ3) is 5.66. The van der Waals surface area contributed by atoms with E-state index >= 15 is 0 Å². The van der Waals surface area contributed by atoms with Crippen molar-refractivity contribution in [3.63, 3.8) is 0 Å². The molecule has 22 heavy (non-hydrogen) atoms. The van der Waals surface area contributed by atoms with Crippen molar-refractivity contribution in [3.05, 3.63) is 35.4 Å². The van der Waals surface area contributed by atoms with Crippen LogP contribution in [0.25, 0.3) is 0 Å². The Kier molecular flexibility index (Phi) is 6.68. The third-order valence-electron chi connectivity index (χ3n) is 4.00. The molecule has 0 saturated carbocycles. The van der Waals surface area contributed by atoms with E-state index in [1.807, 2.05) is 0 Å². The third-order valence-corrected chi connectivity index (χ3v) is 4.00. The number of benzene rings is 1. The fourth-order valence-corrected chi connectivity index (χ4v) is 2.81. The van der Waals surface area contributed by atoms with Gasteiger partial charge in [0, 0.05) is 39.3 Å². The van der Waals surface area contributed by atoms with E-state index in [4.69, 9.17) is 4.74 Å². The number of amides is 2. The maximum atomic E-state index is 11.7. The van der Waals surface area contributed by atoms with E-state index in [0.717, 1.165) is 32.5 Å². The van der Waals surface area contributed by atoms with Crippen LogP contribution >= 0.6 is 0 Å². The molecule has 0 atom stereocenters. The first-order valence-corrected chi connectivity index (χ1v) is 7.98. The number of likely N-dealkylation sites (tertiary alicyclic amines) is 1. The van der Waals surface area contributed by atoms with Gasteiger partial charge in [-0.25, -0.2) is 4.79 Å². The number of nitrogens with one attached hydrogen (secondary N) is 2. The molecule has 0 unspecified atom stereocenters. The second-order valence-corrected chi connectivity index (χ2v) is 5.93. The van der Waals surface area contributed by atoms with E-state index in [2.05, 4.69) is 46.7 Å². The van der Waals surface area contributed by atoms with Gasteiger partial charge in [0.25, 0.3) is 0 Å². The monoisotopic (exact) mass is 305 g/mol. The van der Waals surface area contributed by atoms with Gasteiger partial charge in [0.1, 0.15) is 0 Å². The lowest BCUT2D eigenvalue weighted by Gasteiger charge is -2.32. The van der Waals surface area contributed by atoms with Crippen molar-refractivity contribution >= 4 is 6.03 Å². The number of piperidine rings is 1. The van der Waals surface area contributed by atoms with E-state index < -0.39 is 0 Å². The number of rotatable bonds is 6. The van der Waals surface area contributed by atoms with Gasteiger partial charge in [-0.1, -0.05) is 29.8 Å². The SMILES string of the molecule is COCCNC(=O)NC1CCN(Cc2cccc(C)c2)CC1. The standard InChI is InChI=1S/C17H27N3O2/c1-14-4-3-5-15(12-14)13-20-9-6-16(7-10-20)19-17(21)18-8-11-22-2/h3-5,12,16H,6-11,13H2,1-2H3,(H2,18,19,21). The van der Waals surface area contributed by atoms with Crippen LogP contribution in [-0.2, 0) is 11.3 Å². The van der Waals surface area contributed by atoms with Gasteiger partial charge in [-0.3, -0.25) is 4.90 Å². The lowest BCUT2D eigenvalue weighted by molar-refractivity contribution is 0.181. The van der Waals surface area contributed by atoms with Crippen molar-refractivity contribution < 1.29 is 9.53 Å². The molecule has 1 fully saturated rings. The first-order chi connectivity index (χ1) is 10.7. The maximum Gasteiger partial charge on any atom is 0.315 e. The van der Waals surface area contributed by atoms with Gasteiger partial charge in [0.05, 0.1) is 6.61 Å². The molecule has 5 heteroatoms. The van der Waals surface area contributed by atoms with Crippen LogP contribution in [0.2, 0.25) is 0 Å². The minimum absolute atomic E-state index is 0.0887. The molecule has 2 N–H and O–H groups in total. The Hall–Kier alpha value is -1.59. The Morgan fingerprint density at radius 1 is 1.36 bits per heavy atom. The van der Waals surface area contributed by atoms with Crippen LogP contribution in [0, 0.1) is 6.92 Å². The zero-order valence-corrected chi connectivity index (χ0v) is 13.6. The lowest BCUT2D eigenvalue weighted by Crippen LogP contribution is -2.48. The molecule has 5 nitrogen and oxygen atoms in total. The largest absolute Gasteiger partial charge is 0.383 e. The summed E-state index contributed by atoms with van der Waals surface area (Å²) < 4.78 is 4.91. The number of hydrogen-bond acceptors (Lipinski definition) is 3. The molecule has 2 rings (SSSR count). The average molecular weight is 305 g/mol. The molecular formula is C17H27N3O2. The van der Waals surface area contributed by atoms with Crippen molar-refractivity contribution in [3.8, 4) is 0 Å². The average Bonchev–Trinajstić information content (AvgIpc) is 2.50. The fraction of sp³-hybridized carbons (Fsp3) is 0.588. The molecule has 0 bridgehead atoms. The van der Waals surface area contributed by atoms with Crippen LogP contribution in [0.15, 0.2) is 24.3 Å². The molecule has 2 amide bonds. The van der Waals surface area contributed by atoms with E-state index in [-0.39, 0.29) is 12.1 Å². The first kappa shape index (κ1) is 16.8. The highest BCUT2D eigenvalue weighted by molar-refractivity contribution is 5.74. The van der Waals surface area contributed by atoms with Crippen LogP contribution in [0.1, 0.15) is 24.0 Å². The van der Waals surface area contributed by atoms with E-state index in [9.17, 15) is 4.79 Å². The van der Waals surface area contributed by atoms with Gasteiger partial charge in [-0.2, -0.15) is 0 Å². The molecule has 0 spiro atoms. The van der Waals surface area contributed by atoms with E-state index in [1.165, 1.54) is 11.1 Å². The van der Waals surface area contributed by atoms with Crippen LogP contribution in [0.5, 0.6) is 0 Å². The molecule has 1 aliphatic rings. The summed E-state index contributed by atoms with van der Waals surface area (Å²) in [5, 5.41) is 5.84. The number of aryl methyl sites for hydroxylation is 1. The van der Waals surface area contributed by atoms with Crippen LogP contribution in [0.4, 0.5) is 4.79 Å². The summed E-state index contributed by atoms with van der Waals surface area (Å²) in [5.74, 6) is 0. The predicted molar refractivity (Wildman–Crippen MR) is 87.9 cm³/mol. The smallest absolute Gasteiger partial charge is 0.315 e. The summed E-state index contributed by atoms with van der Waals surface area (Å²) in [6, 6.07) is 8.85. The number of urea groups is 1. The zero-order valence-electron chi connectivity index (χ0n) is 13.6. The number of carbonyl (C=O) groups is 1. The van der Waals surface area contributed by atoms with Crippen LogP contribution in [0.3, 0.4) is 0 Å². The number of carbonyl (C=O) groups excluding carboxylic acids is 1. The summed E-state index contributed by atoms with van der Waals surface area (Å²) in [5.41, 5.74) is 2.67. The van der Waals surface area contributed by atoms with E-state index in [1.54, 1.807) is 7.11 Å². The Balaban J connectivity index is 1.68. The fourth-order valence-electron chi connectivity index (χ4n) is 2.81. The van der Waals surface area contributed by atoms with Gasteiger partial charge in [-0.05, 0) is 25.3 Å². The highest BCUT2D eigenvalue weighted by Crippen LogP contribution is 2.14. The highest BCUT2D eigenvalue weighted by Gasteiger charge is 2.20. The summed E-state index contributed by atoms with van der Waals surface area (Å²) in [6.07, 6.45) is 2.01. The Morgan fingerprint density at radius 2 is 2.14 bits per heavy atom. The quantitative estimate of drug-likeness (QED) is 0.789. The van der Waals surface area contributed by atoms with Gasteiger partial charge >= 0.3 is 6.03 Å². The molecule has 0 radical (unpaired) electrons. The number of ether oxygens (including phenoxy) is 1. The lowest BCUT2D eigenvalue weighted by atomic mass is 10.0. The maximum absolute atomic E-state index is 11.7.